The molecule has 1 aliphatic heterocycles. The van der Waals surface area contributed by atoms with E-state index in [9.17, 15) is 0 Å². The van der Waals surface area contributed by atoms with Crippen LogP contribution in [0, 0.1) is 0 Å². The Balaban J connectivity index is 2.31. The zero-order valence-electron chi connectivity index (χ0n) is 13.2. The lowest BCUT2D eigenvalue weighted by molar-refractivity contribution is -0.0662. The largest absolute Gasteiger partial charge is 0.491 e. The lowest BCUT2D eigenvalue weighted by Gasteiger charge is -2.29. The van der Waals surface area contributed by atoms with E-state index in [4.69, 9.17) is 21.1 Å². The van der Waals surface area contributed by atoms with E-state index < -0.39 is 0 Å². The summed E-state index contributed by atoms with van der Waals surface area (Å²) in [6.07, 6.45) is 0.926. The predicted octanol–water partition coefficient (Wildman–Crippen LogP) is 5.26. The van der Waals surface area contributed by atoms with Gasteiger partial charge in [-0.25, -0.2) is 0 Å². The highest BCUT2D eigenvalue weighted by molar-refractivity contribution is 9.10. The Hall–Kier alpha value is -0.450. The fourth-order valence-electron chi connectivity index (χ4n) is 2.93. The summed E-state index contributed by atoms with van der Waals surface area (Å²) in [5.41, 5.74) is 0.514. The number of anilines is 1. The van der Waals surface area contributed by atoms with Gasteiger partial charge in [0.05, 0.1) is 34.0 Å². The third-order valence-corrected chi connectivity index (χ3v) is 4.51. The quantitative estimate of drug-likeness (QED) is 0.777. The molecule has 1 aromatic rings. The van der Waals surface area contributed by atoms with Crippen LogP contribution in [0.3, 0.4) is 0 Å². The predicted molar refractivity (Wildman–Crippen MR) is 91.6 cm³/mol. The number of rotatable bonds is 4. The molecule has 1 saturated heterocycles. The molecule has 21 heavy (non-hydrogen) atoms. The normalized spacial score (nSPS) is 23.1. The maximum atomic E-state index is 6.18. The number of nitrogens with one attached hydrogen (secondary N) is 1. The fraction of sp³-hybridized carbons (Fsp3) is 0.625. The molecule has 1 heterocycles. The van der Waals surface area contributed by atoms with Crippen molar-refractivity contribution in [1.82, 2.24) is 0 Å². The summed E-state index contributed by atoms with van der Waals surface area (Å²) in [4.78, 5) is 0. The summed E-state index contributed by atoms with van der Waals surface area (Å²) in [6.45, 7) is 11.0. The first kappa shape index (κ1) is 16.9. The van der Waals surface area contributed by atoms with Gasteiger partial charge in [-0.2, -0.15) is 0 Å². The molecule has 0 saturated carbocycles. The van der Waals surface area contributed by atoms with Gasteiger partial charge in [0.2, 0.25) is 0 Å². The Bertz CT molecular complexity index is 531. The van der Waals surface area contributed by atoms with E-state index in [0.29, 0.717) is 11.6 Å². The molecular formula is C16H23BrClNO2. The molecule has 5 heteroatoms. The Labute approximate surface area is 140 Å². The SMILES string of the molecule is CCOc1c(Br)cc(Cl)cc1NC1CC(C)(C)OC1(C)C. The molecule has 1 N–H and O–H groups in total. The molecular weight excluding hydrogens is 354 g/mol. The zero-order chi connectivity index (χ0) is 15.8. The molecule has 1 atom stereocenters. The average molecular weight is 377 g/mol. The maximum Gasteiger partial charge on any atom is 0.156 e. The minimum atomic E-state index is -0.248. The topological polar surface area (TPSA) is 30.5 Å². The van der Waals surface area contributed by atoms with Gasteiger partial charge in [-0.05, 0) is 69.1 Å². The van der Waals surface area contributed by atoms with Gasteiger partial charge in [-0.15, -0.1) is 0 Å². The molecule has 1 fully saturated rings. The molecule has 0 aliphatic carbocycles. The van der Waals surface area contributed by atoms with Crippen LogP contribution in [0.25, 0.3) is 0 Å². The molecule has 0 amide bonds. The first-order valence-corrected chi connectivity index (χ1v) is 8.40. The van der Waals surface area contributed by atoms with E-state index in [1.165, 1.54) is 0 Å². The molecule has 1 aliphatic rings. The van der Waals surface area contributed by atoms with Crippen LogP contribution in [0.5, 0.6) is 5.75 Å². The second kappa shape index (κ2) is 5.98. The maximum absolute atomic E-state index is 6.18. The van der Waals surface area contributed by atoms with Crippen LogP contribution in [0.1, 0.15) is 41.0 Å². The van der Waals surface area contributed by atoms with Gasteiger partial charge in [0.15, 0.2) is 5.75 Å². The Kier molecular flexibility index (Phi) is 4.81. The minimum absolute atomic E-state index is 0.136. The number of hydrogen-bond acceptors (Lipinski definition) is 3. The molecule has 0 spiro atoms. The van der Waals surface area contributed by atoms with Crippen LogP contribution in [0.2, 0.25) is 5.02 Å². The average Bonchev–Trinajstić information content (AvgIpc) is 2.51. The van der Waals surface area contributed by atoms with E-state index in [1.807, 2.05) is 19.1 Å². The van der Waals surface area contributed by atoms with Gasteiger partial charge in [0, 0.05) is 5.02 Å². The van der Waals surface area contributed by atoms with Crippen molar-refractivity contribution in [2.45, 2.75) is 58.3 Å². The molecule has 1 unspecified atom stereocenters. The molecule has 0 aromatic heterocycles. The van der Waals surface area contributed by atoms with Crippen molar-refractivity contribution in [3.63, 3.8) is 0 Å². The highest BCUT2D eigenvalue weighted by Gasteiger charge is 2.46. The molecule has 0 radical (unpaired) electrons. The molecule has 0 bridgehead atoms. The second-order valence-electron chi connectivity index (χ2n) is 6.56. The highest BCUT2D eigenvalue weighted by atomic mass is 79.9. The van der Waals surface area contributed by atoms with Crippen molar-refractivity contribution in [3.05, 3.63) is 21.6 Å². The van der Waals surface area contributed by atoms with Crippen molar-refractivity contribution >= 4 is 33.2 Å². The number of halogens is 2. The van der Waals surface area contributed by atoms with Crippen LogP contribution < -0.4 is 10.1 Å². The summed E-state index contributed by atoms with van der Waals surface area (Å²) < 4.78 is 12.7. The van der Waals surface area contributed by atoms with Crippen LogP contribution in [-0.2, 0) is 4.74 Å². The molecule has 3 nitrogen and oxygen atoms in total. The van der Waals surface area contributed by atoms with E-state index in [0.717, 1.165) is 22.3 Å². The third-order valence-electron chi connectivity index (χ3n) is 3.70. The van der Waals surface area contributed by atoms with E-state index in [1.54, 1.807) is 0 Å². The van der Waals surface area contributed by atoms with Crippen LogP contribution in [0.15, 0.2) is 16.6 Å². The Morgan fingerprint density at radius 2 is 2.05 bits per heavy atom. The molecule has 2 rings (SSSR count). The zero-order valence-corrected chi connectivity index (χ0v) is 15.6. The van der Waals surface area contributed by atoms with Crippen LogP contribution in [0.4, 0.5) is 5.69 Å². The monoisotopic (exact) mass is 375 g/mol. The van der Waals surface area contributed by atoms with Crippen LogP contribution >= 0.6 is 27.5 Å². The summed E-state index contributed by atoms with van der Waals surface area (Å²) in [5.74, 6) is 0.794. The van der Waals surface area contributed by atoms with Gasteiger partial charge in [0.25, 0.3) is 0 Å². The second-order valence-corrected chi connectivity index (χ2v) is 7.85. The first-order chi connectivity index (χ1) is 9.64. The van der Waals surface area contributed by atoms with Gasteiger partial charge >= 0.3 is 0 Å². The first-order valence-electron chi connectivity index (χ1n) is 7.23. The summed E-state index contributed by atoms with van der Waals surface area (Å²) in [5, 5.41) is 4.23. The summed E-state index contributed by atoms with van der Waals surface area (Å²) in [6, 6.07) is 3.94. The van der Waals surface area contributed by atoms with Crippen molar-refractivity contribution in [2.24, 2.45) is 0 Å². The van der Waals surface area contributed by atoms with Gasteiger partial charge < -0.3 is 14.8 Å². The van der Waals surface area contributed by atoms with Crippen molar-refractivity contribution in [2.75, 3.05) is 11.9 Å². The lowest BCUT2D eigenvalue weighted by atomic mass is 9.94. The van der Waals surface area contributed by atoms with Gasteiger partial charge in [-0.1, -0.05) is 11.6 Å². The van der Waals surface area contributed by atoms with Crippen LogP contribution in [-0.4, -0.2) is 23.9 Å². The van der Waals surface area contributed by atoms with Crippen molar-refractivity contribution in [3.8, 4) is 5.75 Å². The number of benzene rings is 1. The van der Waals surface area contributed by atoms with Gasteiger partial charge in [0.1, 0.15) is 0 Å². The van der Waals surface area contributed by atoms with Gasteiger partial charge in [-0.3, -0.25) is 0 Å². The van der Waals surface area contributed by atoms with E-state index in [2.05, 4.69) is 48.9 Å². The lowest BCUT2D eigenvalue weighted by Crippen LogP contribution is -2.38. The number of ether oxygens (including phenoxy) is 2. The highest BCUT2D eigenvalue weighted by Crippen LogP contribution is 2.42. The number of hydrogen-bond donors (Lipinski definition) is 1. The molecule has 118 valence electrons. The summed E-state index contributed by atoms with van der Waals surface area (Å²) in [7, 11) is 0. The fourth-order valence-corrected chi connectivity index (χ4v) is 3.86. The minimum Gasteiger partial charge on any atom is -0.491 e. The smallest absolute Gasteiger partial charge is 0.156 e. The standard InChI is InChI=1S/C16H23BrClNO2/c1-6-20-14-11(17)7-10(18)8-12(14)19-13-9-15(2,3)21-16(13,4)5/h7-8,13,19H,6,9H2,1-5H3. The van der Waals surface area contributed by atoms with Crippen molar-refractivity contribution < 1.29 is 9.47 Å². The summed E-state index contributed by atoms with van der Waals surface area (Å²) >= 11 is 9.70. The third kappa shape index (κ3) is 3.85. The Morgan fingerprint density at radius 1 is 1.38 bits per heavy atom. The Morgan fingerprint density at radius 3 is 2.57 bits per heavy atom. The van der Waals surface area contributed by atoms with Crippen molar-refractivity contribution in [1.29, 1.82) is 0 Å². The molecule has 1 aromatic carbocycles. The van der Waals surface area contributed by atoms with E-state index >= 15 is 0 Å². The van der Waals surface area contributed by atoms with E-state index in [-0.39, 0.29) is 17.2 Å².